The number of methoxy groups -OCH3 is 1. The van der Waals surface area contributed by atoms with Crippen LogP contribution in [0.25, 0.3) is 0 Å². The maximum Gasteiger partial charge on any atom is 0.307 e. The highest BCUT2D eigenvalue weighted by Crippen LogP contribution is 2.13. The molecular weight excluding hydrogens is 250 g/mol. The van der Waals surface area contributed by atoms with Crippen molar-refractivity contribution in [3.8, 4) is 0 Å². The number of rotatable bonds is 7. The lowest BCUT2D eigenvalue weighted by molar-refractivity contribution is -0.141. The molecule has 112 valence electrons. The van der Waals surface area contributed by atoms with Gasteiger partial charge in [0.05, 0.1) is 13.5 Å². The average Bonchev–Trinajstić information content (AvgIpc) is 2.40. The van der Waals surface area contributed by atoms with Crippen molar-refractivity contribution in [1.82, 2.24) is 5.32 Å². The molecule has 0 amide bonds. The first-order valence-corrected chi connectivity index (χ1v) is 7.28. The van der Waals surface area contributed by atoms with Crippen LogP contribution in [0.2, 0.25) is 0 Å². The van der Waals surface area contributed by atoms with Gasteiger partial charge in [-0.1, -0.05) is 32.0 Å². The van der Waals surface area contributed by atoms with Gasteiger partial charge in [-0.05, 0) is 49.4 Å². The van der Waals surface area contributed by atoms with Crippen LogP contribution in [-0.2, 0) is 16.0 Å². The van der Waals surface area contributed by atoms with Crippen molar-refractivity contribution in [2.45, 2.75) is 46.6 Å². The van der Waals surface area contributed by atoms with Crippen molar-refractivity contribution in [3.05, 3.63) is 34.9 Å². The van der Waals surface area contributed by atoms with Gasteiger partial charge in [0, 0.05) is 6.04 Å². The van der Waals surface area contributed by atoms with Crippen LogP contribution in [0.4, 0.5) is 0 Å². The van der Waals surface area contributed by atoms with Crippen molar-refractivity contribution in [1.29, 1.82) is 0 Å². The van der Waals surface area contributed by atoms with Crippen LogP contribution in [0.3, 0.4) is 0 Å². The number of nitrogens with one attached hydrogen (secondary N) is 1. The van der Waals surface area contributed by atoms with Crippen LogP contribution in [0.5, 0.6) is 0 Å². The molecule has 0 aliphatic heterocycles. The fourth-order valence-corrected chi connectivity index (χ4v) is 2.12. The molecule has 0 spiro atoms. The molecule has 3 heteroatoms. The molecule has 0 saturated carbocycles. The third-order valence-corrected chi connectivity index (χ3v) is 3.51. The summed E-state index contributed by atoms with van der Waals surface area (Å²) in [6.45, 7) is 9.47. The zero-order valence-electron chi connectivity index (χ0n) is 13.3. The highest BCUT2D eigenvalue weighted by molar-refractivity contribution is 5.70. The second-order valence-electron chi connectivity index (χ2n) is 5.90. The number of hydrogen-bond acceptors (Lipinski definition) is 3. The average molecular weight is 277 g/mol. The molecule has 0 radical (unpaired) electrons. The van der Waals surface area contributed by atoms with E-state index in [0.29, 0.717) is 12.3 Å². The Balaban J connectivity index is 2.71. The lowest BCUT2D eigenvalue weighted by Crippen LogP contribution is -2.36. The lowest BCUT2D eigenvalue weighted by atomic mass is 9.99. The van der Waals surface area contributed by atoms with E-state index in [1.165, 1.54) is 23.8 Å². The molecule has 1 aromatic rings. The summed E-state index contributed by atoms with van der Waals surface area (Å²) < 4.78 is 4.79. The predicted molar refractivity (Wildman–Crippen MR) is 82.9 cm³/mol. The molecule has 3 nitrogen and oxygen atoms in total. The van der Waals surface area contributed by atoms with Gasteiger partial charge in [0.25, 0.3) is 0 Å². The van der Waals surface area contributed by atoms with Gasteiger partial charge in [0.2, 0.25) is 0 Å². The molecular formula is C17H27NO2. The van der Waals surface area contributed by atoms with Crippen molar-refractivity contribution < 1.29 is 9.53 Å². The second-order valence-corrected chi connectivity index (χ2v) is 5.90. The molecule has 0 saturated heterocycles. The minimum atomic E-state index is -0.157. The summed E-state index contributed by atoms with van der Waals surface area (Å²) in [5.74, 6) is 0.407. The smallest absolute Gasteiger partial charge is 0.307 e. The summed E-state index contributed by atoms with van der Waals surface area (Å²) in [5.41, 5.74) is 3.86. The highest BCUT2D eigenvalue weighted by Gasteiger charge is 2.15. The molecule has 1 N–H and O–H groups in total. The van der Waals surface area contributed by atoms with Gasteiger partial charge in [-0.25, -0.2) is 0 Å². The monoisotopic (exact) mass is 277 g/mol. The standard InChI is InChI=1S/C17H27NO2/c1-12(2)11-18-16(10-17(19)20-5)9-15-7-6-13(3)14(4)8-15/h6-8,12,16,18H,9-11H2,1-5H3. The van der Waals surface area contributed by atoms with E-state index in [-0.39, 0.29) is 12.0 Å². The van der Waals surface area contributed by atoms with Crippen LogP contribution in [0.1, 0.15) is 37.0 Å². The highest BCUT2D eigenvalue weighted by atomic mass is 16.5. The maximum absolute atomic E-state index is 11.5. The summed E-state index contributed by atoms with van der Waals surface area (Å²) in [6, 6.07) is 6.62. The van der Waals surface area contributed by atoms with Gasteiger partial charge in [0.1, 0.15) is 0 Å². The summed E-state index contributed by atoms with van der Waals surface area (Å²) in [7, 11) is 1.44. The van der Waals surface area contributed by atoms with Gasteiger partial charge >= 0.3 is 5.97 Å². The molecule has 1 unspecified atom stereocenters. The molecule has 1 atom stereocenters. The van der Waals surface area contributed by atoms with Crippen LogP contribution in [-0.4, -0.2) is 25.7 Å². The molecule has 0 aliphatic carbocycles. The first kappa shape index (κ1) is 16.7. The molecule has 0 aromatic heterocycles. The van der Waals surface area contributed by atoms with E-state index in [1.807, 2.05) is 0 Å². The van der Waals surface area contributed by atoms with Gasteiger partial charge in [-0.2, -0.15) is 0 Å². The lowest BCUT2D eigenvalue weighted by Gasteiger charge is -2.19. The van der Waals surface area contributed by atoms with Crippen LogP contribution < -0.4 is 5.32 Å². The zero-order chi connectivity index (χ0) is 15.1. The van der Waals surface area contributed by atoms with Crippen molar-refractivity contribution in [2.24, 2.45) is 5.92 Å². The molecule has 1 aromatic carbocycles. The Morgan fingerprint density at radius 2 is 1.95 bits per heavy atom. The normalized spacial score (nSPS) is 12.5. The topological polar surface area (TPSA) is 38.3 Å². The number of ether oxygens (including phenoxy) is 1. The molecule has 0 fully saturated rings. The Labute approximate surface area is 122 Å². The quantitative estimate of drug-likeness (QED) is 0.779. The van der Waals surface area contributed by atoms with Gasteiger partial charge in [-0.3, -0.25) is 4.79 Å². The summed E-state index contributed by atoms with van der Waals surface area (Å²) in [6.07, 6.45) is 1.26. The molecule has 20 heavy (non-hydrogen) atoms. The first-order valence-electron chi connectivity index (χ1n) is 7.28. The Kier molecular flexibility index (Phi) is 6.73. The van der Waals surface area contributed by atoms with E-state index >= 15 is 0 Å². The van der Waals surface area contributed by atoms with Gasteiger partial charge in [-0.15, -0.1) is 0 Å². The minimum Gasteiger partial charge on any atom is -0.469 e. The molecule has 0 heterocycles. The van der Waals surface area contributed by atoms with Crippen molar-refractivity contribution >= 4 is 5.97 Å². The second kappa shape index (κ2) is 8.05. The number of benzene rings is 1. The van der Waals surface area contributed by atoms with Crippen LogP contribution >= 0.6 is 0 Å². The summed E-state index contributed by atoms with van der Waals surface area (Å²) in [5, 5.41) is 3.47. The number of carbonyl (C=O) groups is 1. The number of hydrogen-bond donors (Lipinski definition) is 1. The van der Waals surface area contributed by atoms with E-state index < -0.39 is 0 Å². The maximum atomic E-state index is 11.5. The SMILES string of the molecule is COC(=O)CC(Cc1ccc(C)c(C)c1)NCC(C)C. The molecule has 0 bridgehead atoms. The molecule has 0 aliphatic rings. The van der Waals surface area contributed by atoms with E-state index in [9.17, 15) is 4.79 Å². The predicted octanol–water partition coefficient (Wildman–Crippen LogP) is 3.02. The summed E-state index contributed by atoms with van der Waals surface area (Å²) >= 11 is 0. The number of aryl methyl sites for hydroxylation is 2. The van der Waals surface area contributed by atoms with E-state index in [1.54, 1.807) is 0 Å². The van der Waals surface area contributed by atoms with Crippen LogP contribution in [0.15, 0.2) is 18.2 Å². The number of carbonyl (C=O) groups excluding carboxylic acids is 1. The van der Waals surface area contributed by atoms with E-state index in [0.717, 1.165) is 13.0 Å². The fraction of sp³-hybridized carbons (Fsp3) is 0.588. The van der Waals surface area contributed by atoms with Crippen LogP contribution in [0, 0.1) is 19.8 Å². The Bertz CT molecular complexity index is 441. The Morgan fingerprint density at radius 3 is 2.50 bits per heavy atom. The first-order chi connectivity index (χ1) is 9.42. The Morgan fingerprint density at radius 1 is 1.25 bits per heavy atom. The number of esters is 1. The third-order valence-electron chi connectivity index (χ3n) is 3.51. The molecule has 1 rings (SSSR count). The minimum absolute atomic E-state index is 0.131. The van der Waals surface area contributed by atoms with Crippen molar-refractivity contribution in [2.75, 3.05) is 13.7 Å². The van der Waals surface area contributed by atoms with Gasteiger partial charge in [0.15, 0.2) is 0 Å². The Hall–Kier alpha value is -1.35. The van der Waals surface area contributed by atoms with Crippen molar-refractivity contribution in [3.63, 3.8) is 0 Å². The zero-order valence-corrected chi connectivity index (χ0v) is 13.3. The third kappa shape index (κ3) is 5.74. The fourth-order valence-electron chi connectivity index (χ4n) is 2.12. The summed E-state index contributed by atoms with van der Waals surface area (Å²) in [4.78, 5) is 11.5. The van der Waals surface area contributed by atoms with E-state index in [2.05, 4.69) is 51.2 Å². The van der Waals surface area contributed by atoms with Gasteiger partial charge < -0.3 is 10.1 Å². The van der Waals surface area contributed by atoms with E-state index in [4.69, 9.17) is 4.74 Å². The largest absolute Gasteiger partial charge is 0.469 e.